The molecule has 56 valence electrons. The zero-order valence-corrected chi connectivity index (χ0v) is 5.63. The number of hydrogen-bond donors (Lipinski definition) is 0. The largest absolute Gasteiger partial charge is 0.392 e. The van der Waals surface area contributed by atoms with E-state index in [1.54, 1.807) is 0 Å². The first-order valence-corrected chi connectivity index (χ1v) is 2.74. The van der Waals surface area contributed by atoms with Crippen molar-refractivity contribution in [2.24, 2.45) is 0 Å². The molecule has 9 heavy (non-hydrogen) atoms. The Balaban J connectivity index is 0. The molecule has 0 rings (SSSR count). The van der Waals surface area contributed by atoms with Crippen molar-refractivity contribution >= 4 is 0 Å². The summed E-state index contributed by atoms with van der Waals surface area (Å²) in [6.07, 6.45) is -4.13. The normalized spacial score (nSPS) is 9.44. The molecule has 0 fully saturated rings. The van der Waals surface area contributed by atoms with Crippen molar-refractivity contribution in [3.63, 3.8) is 0 Å². The highest BCUT2D eigenvalue weighted by Gasteiger charge is 2.23. The Labute approximate surface area is 53.4 Å². The topological polar surface area (TPSA) is 0 Å². The number of rotatable bonds is 1. The van der Waals surface area contributed by atoms with Crippen molar-refractivity contribution in [3.05, 3.63) is 12.7 Å². The molecule has 0 saturated carbocycles. The monoisotopic (exact) mass is 140 g/mol. The molecule has 0 amide bonds. The standard InChI is InChI=1S/C4H5F3.C2H6/c1-2-3-4(5,6)7;1-2/h2H,1,3H2;1-2H3. The Kier molecular flexibility index (Phi) is 7.14. The van der Waals surface area contributed by atoms with Crippen LogP contribution < -0.4 is 0 Å². The summed E-state index contributed by atoms with van der Waals surface area (Å²) in [6, 6.07) is 0. The van der Waals surface area contributed by atoms with Gasteiger partial charge in [-0.2, -0.15) is 13.2 Å². The smallest absolute Gasteiger partial charge is 0.171 e. The van der Waals surface area contributed by atoms with Crippen molar-refractivity contribution in [2.45, 2.75) is 26.4 Å². The van der Waals surface area contributed by atoms with Crippen LogP contribution in [-0.4, -0.2) is 6.18 Å². The Morgan fingerprint density at radius 2 is 1.67 bits per heavy atom. The van der Waals surface area contributed by atoms with Crippen molar-refractivity contribution in [1.29, 1.82) is 0 Å². The lowest BCUT2D eigenvalue weighted by atomic mass is 10.4. The number of halogens is 3. The van der Waals surface area contributed by atoms with Gasteiger partial charge in [-0.3, -0.25) is 0 Å². The maximum absolute atomic E-state index is 11.0. The zero-order chi connectivity index (χ0) is 7.91. The zero-order valence-electron chi connectivity index (χ0n) is 5.63. The molecule has 0 aliphatic carbocycles. The molecule has 0 aliphatic rings. The summed E-state index contributed by atoms with van der Waals surface area (Å²) in [6.45, 7) is 6.93. The van der Waals surface area contributed by atoms with Crippen LogP contribution in [0, 0.1) is 0 Å². The van der Waals surface area contributed by atoms with Crippen LogP contribution in [0.3, 0.4) is 0 Å². The summed E-state index contributed by atoms with van der Waals surface area (Å²) in [4.78, 5) is 0. The van der Waals surface area contributed by atoms with Crippen LogP contribution in [0.5, 0.6) is 0 Å². The van der Waals surface area contributed by atoms with Crippen LogP contribution in [0.15, 0.2) is 12.7 Å². The van der Waals surface area contributed by atoms with E-state index >= 15 is 0 Å². The van der Waals surface area contributed by atoms with E-state index in [1.165, 1.54) is 0 Å². The Hall–Kier alpha value is -0.470. The van der Waals surface area contributed by atoms with Crippen molar-refractivity contribution in [1.82, 2.24) is 0 Å². The van der Waals surface area contributed by atoms with Gasteiger partial charge in [0.25, 0.3) is 0 Å². The SMILES string of the molecule is C=CCC(F)(F)F.CC. The lowest BCUT2D eigenvalue weighted by Crippen LogP contribution is -2.03. The summed E-state index contributed by atoms with van der Waals surface area (Å²) in [5, 5.41) is 0. The van der Waals surface area contributed by atoms with Gasteiger partial charge < -0.3 is 0 Å². The fourth-order valence-corrected chi connectivity index (χ4v) is 0.164. The molecule has 0 bridgehead atoms. The summed E-state index contributed by atoms with van der Waals surface area (Å²) in [5.74, 6) is 0. The van der Waals surface area contributed by atoms with Crippen molar-refractivity contribution in [2.75, 3.05) is 0 Å². The van der Waals surface area contributed by atoms with Gasteiger partial charge in [-0.15, -0.1) is 6.58 Å². The molecule has 0 N–H and O–H groups in total. The summed E-state index contributed by atoms with van der Waals surface area (Å²) >= 11 is 0. The van der Waals surface area contributed by atoms with E-state index < -0.39 is 12.6 Å². The van der Waals surface area contributed by atoms with Gasteiger partial charge in [0.1, 0.15) is 0 Å². The molecule has 0 radical (unpaired) electrons. The molecule has 3 heteroatoms. The predicted molar refractivity (Wildman–Crippen MR) is 32.2 cm³/mol. The van der Waals surface area contributed by atoms with Crippen LogP contribution in [0.2, 0.25) is 0 Å². The van der Waals surface area contributed by atoms with Crippen molar-refractivity contribution in [3.8, 4) is 0 Å². The second-order valence-electron chi connectivity index (χ2n) is 1.11. The Morgan fingerprint density at radius 1 is 1.33 bits per heavy atom. The summed E-state index contributed by atoms with van der Waals surface area (Å²) in [7, 11) is 0. The maximum atomic E-state index is 11.0. The van der Waals surface area contributed by atoms with Gasteiger partial charge in [0.05, 0.1) is 6.42 Å². The lowest BCUT2D eigenvalue weighted by molar-refractivity contribution is -0.124. The highest BCUT2D eigenvalue weighted by atomic mass is 19.4. The molecule has 0 aromatic carbocycles. The van der Waals surface area contributed by atoms with Crippen LogP contribution >= 0.6 is 0 Å². The highest BCUT2D eigenvalue weighted by Crippen LogP contribution is 2.18. The van der Waals surface area contributed by atoms with Gasteiger partial charge in [0.15, 0.2) is 0 Å². The third-order valence-corrected chi connectivity index (χ3v) is 0.376. The minimum atomic E-state index is -4.07. The van der Waals surface area contributed by atoms with E-state index in [2.05, 4.69) is 6.58 Å². The molecular formula is C6H11F3. The van der Waals surface area contributed by atoms with Gasteiger partial charge in [-0.05, 0) is 0 Å². The van der Waals surface area contributed by atoms with E-state index in [1.807, 2.05) is 13.8 Å². The van der Waals surface area contributed by atoms with E-state index in [9.17, 15) is 13.2 Å². The van der Waals surface area contributed by atoms with Crippen molar-refractivity contribution < 1.29 is 13.2 Å². The average Bonchev–Trinajstić information content (AvgIpc) is 1.69. The third kappa shape index (κ3) is 18.5. The number of alkyl halides is 3. The number of hydrogen-bond acceptors (Lipinski definition) is 0. The molecule has 0 spiro atoms. The second-order valence-corrected chi connectivity index (χ2v) is 1.11. The van der Waals surface area contributed by atoms with Gasteiger partial charge in [-0.1, -0.05) is 19.9 Å². The predicted octanol–water partition coefficient (Wildman–Crippen LogP) is 3.15. The summed E-state index contributed by atoms with van der Waals surface area (Å²) in [5.41, 5.74) is 0. The molecular weight excluding hydrogens is 129 g/mol. The fraction of sp³-hybridized carbons (Fsp3) is 0.667. The first-order chi connectivity index (χ1) is 4.06. The molecule has 0 atom stereocenters. The van der Waals surface area contributed by atoms with Crippen LogP contribution in [0.25, 0.3) is 0 Å². The molecule has 0 aromatic heterocycles. The summed E-state index contributed by atoms with van der Waals surface area (Å²) < 4.78 is 33.0. The van der Waals surface area contributed by atoms with Crippen LogP contribution in [-0.2, 0) is 0 Å². The minimum absolute atomic E-state index is 0.833. The Morgan fingerprint density at radius 3 is 1.67 bits per heavy atom. The van der Waals surface area contributed by atoms with E-state index in [0.717, 1.165) is 6.08 Å². The molecule has 0 aliphatic heterocycles. The molecule has 0 nitrogen and oxygen atoms in total. The van der Waals surface area contributed by atoms with Crippen LogP contribution in [0.1, 0.15) is 20.3 Å². The average molecular weight is 140 g/mol. The molecule has 0 saturated heterocycles. The first-order valence-electron chi connectivity index (χ1n) is 2.74. The van der Waals surface area contributed by atoms with Gasteiger partial charge in [0.2, 0.25) is 0 Å². The van der Waals surface area contributed by atoms with Gasteiger partial charge in [0, 0.05) is 0 Å². The highest BCUT2D eigenvalue weighted by molar-refractivity contribution is 4.70. The van der Waals surface area contributed by atoms with E-state index in [-0.39, 0.29) is 0 Å². The van der Waals surface area contributed by atoms with Gasteiger partial charge >= 0.3 is 6.18 Å². The quantitative estimate of drug-likeness (QED) is 0.491. The third-order valence-electron chi connectivity index (χ3n) is 0.376. The minimum Gasteiger partial charge on any atom is -0.171 e. The first kappa shape index (κ1) is 11.3. The molecule has 0 unspecified atom stereocenters. The second kappa shape index (κ2) is 5.66. The van der Waals surface area contributed by atoms with Gasteiger partial charge in [-0.25, -0.2) is 0 Å². The van der Waals surface area contributed by atoms with E-state index in [0.29, 0.717) is 0 Å². The van der Waals surface area contributed by atoms with E-state index in [4.69, 9.17) is 0 Å². The lowest BCUT2D eigenvalue weighted by Gasteiger charge is -1.97. The Bertz CT molecular complexity index is 63.2. The molecule has 0 aromatic rings. The van der Waals surface area contributed by atoms with Crippen LogP contribution in [0.4, 0.5) is 13.2 Å². The number of allylic oxidation sites excluding steroid dienone is 1. The maximum Gasteiger partial charge on any atom is 0.392 e. The molecule has 0 heterocycles. The fourth-order valence-electron chi connectivity index (χ4n) is 0.164.